The maximum absolute atomic E-state index is 10.8. The maximum atomic E-state index is 10.8. The number of thiocarbonyl (C=S) groups is 1. The summed E-state index contributed by atoms with van der Waals surface area (Å²) in [5, 5.41) is 17.1. The van der Waals surface area contributed by atoms with Gasteiger partial charge in [0.25, 0.3) is 5.69 Å². The number of nitrogens with one attached hydrogen (secondary N) is 2. The SMILES string of the molecule is COc1cc(NC(=S)Nc2cc([N+](=O)[O-])ccc2Cl)cc(OC)c1. The molecule has 0 spiro atoms. The minimum absolute atomic E-state index is 0.0900. The van der Waals surface area contributed by atoms with Crippen LogP contribution in [0.1, 0.15) is 0 Å². The molecule has 2 aromatic rings. The van der Waals surface area contributed by atoms with Crippen molar-refractivity contribution in [3.05, 3.63) is 51.5 Å². The molecule has 0 saturated carbocycles. The summed E-state index contributed by atoms with van der Waals surface area (Å²) in [5.74, 6) is 1.18. The summed E-state index contributed by atoms with van der Waals surface area (Å²) in [6.07, 6.45) is 0. The van der Waals surface area contributed by atoms with Crippen LogP contribution in [0.3, 0.4) is 0 Å². The monoisotopic (exact) mass is 367 g/mol. The first-order valence-corrected chi connectivity index (χ1v) is 7.46. The van der Waals surface area contributed by atoms with E-state index in [0.717, 1.165) is 0 Å². The van der Waals surface area contributed by atoms with Crippen molar-refractivity contribution in [3.8, 4) is 11.5 Å². The quantitative estimate of drug-likeness (QED) is 0.468. The topological polar surface area (TPSA) is 85.7 Å². The van der Waals surface area contributed by atoms with Crippen LogP contribution in [0.15, 0.2) is 36.4 Å². The van der Waals surface area contributed by atoms with Gasteiger partial charge in [-0.3, -0.25) is 10.1 Å². The average Bonchev–Trinajstić information content (AvgIpc) is 2.56. The van der Waals surface area contributed by atoms with Gasteiger partial charge in [-0.2, -0.15) is 0 Å². The molecule has 0 bridgehead atoms. The summed E-state index contributed by atoms with van der Waals surface area (Å²) >= 11 is 11.2. The van der Waals surface area contributed by atoms with Crippen LogP contribution in [-0.2, 0) is 0 Å². The van der Waals surface area contributed by atoms with Crippen LogP contribution >= 0.6 is 23.8 Å². The van der Waals surface area contributed by atoms with Crippen molar-refractivity contribution in [2.45, 2.75) is 0 Å². The Morgan fingerprint density at radius 2 is 1.75 bits per heavy atom. The fraction of sp³-hybridized carbons (Fsp3) is 0.133. The third-order valence-electron chi connectivity index (χ3n) is 3.02. The second-order valence-corrected chi connectivity index (χ2v) is 5.42. The molecule has 2 rings (SSSR count). The number of non-ortho nitro benzene ring substituents is 1. The molecule has 2 N–H and O–H groups in total. The maximum Gasteiger partial charge on any atom is 0.271 e. The Balaban J connectivity index is 2.16. The number of nitro groups is 1. The Morgan fingerprint density at radius 3 is 2.29 bits per heavy atom. The Hall–Kier alpha value is -2.58. The summed E-state index contributed by atoms with van der Waals surface area (Å²) in [6.45, 7) is 0. The third-order valence-corrected chi connectivity index (χ3v) is 3.55. The van der Waals surface area contributed by atoms with Gasteiger partial charge in [0.05, 0.1) is 29.9 Å². The van der Waals surface area contributed by atoms with Crippen LogP contribution in [-0.4, -0.2) is 24.3 Å². The van der Waals surface area contributed by atoms with Crippen molar-refractivity contribution in [3.63, 3.8) is 0 Å². The molecule has 0 radical (unpaired) electrons. The first kappa shape index (κ1) is 17.8. The van der Waals surface area contributed by atoms with Crippen LogP contribution in [0.5, 0.6) is 11.5 Å². The number of halogens is 1. The van der Waals surface area contributed by atoms with E-state index in [1.807, 2.05) is 0 Å². The van der Waals surface area contributed by atoms with Crippen LogP contribution in [0.2, 0.25) is 5.02 Å². The number of hydrogen-bond acceptors (Lipinski definition) is 5. The average molecular weight is 368 g/mol. The van der Waals surface area contributed by atoms with E-state index in [4.69, 9.17) is 33.3 Å². The lowest BCUT2D eigenvalue weighted by Gasteiger charge is -2.13. The molecular weight excluding hydrogens is 354 g/mol. The van der Waals surface area contributed by atoms with E-state index in [1.54, 1.807) is 18.2 Å². The van der Waals surface area contributed by atoms with E-state index in [-0.39, 0.29) is 10.8 Å². The number of anilines is 2. The Morgan fingerprint density at radius 1 is 1.12 bits per heavy atom. The lowest BCUT2D eigenvalue weighted by atomic mass is 10.2. The standard InChI is InChI=1S/C15H14ClN3O4S/c1-22-11-5-9(6-12(8-11)23-2)17-15(24)18-14-7-10(19(20)21)3-4-13(14)16/h3-8H,1-2H3,(H2,17,18,24). The molecule has 9 heteroatoms. The van der Waals surface area contributed by atoms with E-state index in [2.05, 4.69) is 10.6 Å². The fourth-order valence-corrected chi connectivity index (χ4v) is 2.28. The van der Waals surface area contributed by atoms with Gasteiger partial charge in [0, 0.05) is 36.0 Å². The van der Waals surface area contributed by atoms with Gasteiger partial charge in [-0.15, -0.1) is 0 Å². The van der Waals surface area contributed by atoms with E-state index < -0.39 is 4.92 Å². The number of rotatable bonds is 5. The van der Waals surface area contributed by atoms with Gasteiger partial charge in [0.1, 0.15) is 11.5 Å². The van der Waals surface area contributed by atoms with E-state index in [0.29, 0.717) is 27.9 Å². The number of nitrogens with zero attached hydrogens (tertiary/aromatic N) is 1. The lowest BCUT2D eigenvalue weighted by Crippen LogP contribution is -2.19. The molecular formula is C15H14ClN3O4S. The first-order chi connectivity index (χ1) is 11.4. The molecule has 0 fully saturated rings. The summed E-state index contributed by atoms with van der Waals surface area (Å²) < 4.78 is 10.4. The first-order valence-electron chi connectivity index (χ1n) is 6.68. The molecule has 0 atom stereocenters. The highest BCUT2D eigenvalue weighted by Crippen LogP contribution is 2.28. The van der Waals surface area contributed by atoms with Crippen molar-refractivity contribution in [1.29, 1.82) is 0 Å². The second kappa shape index (κ2) is 7.80. The van der Waals surface area contributed by atoms with Crippen LogP contribution in [0.25, 0.3) is 0 Å². The van der Waals surface area contributed by atoms with Gasteiger partial charge in [0.2, 0.25) is 0 Å². The van der Waals surface area contributed by atoms with Gasteiger partial charge in [-0.05, 0) is 18.3 Å². The van der Waals surface area contributed by atoms with Crippen molar-refractivity contribution >= 4 is 46.0 Å². The number of hydrogen-bond donors (Lipinski definition) is 2. The summed E-state index contributed by atoms with van der Waals surface area (Å²) in [4.78, 5) is 10.3. The molecule has 126 valence electrons. The minimum Gasteiger partial charge on any atom is -0.497 e. The van der Waals surface area contributed by atoms with Gasteiger partial charge in [-0.25, -0.2) is 0 Å². The van der Waals surface area contributed by atoms with Crippen molar-refractivity contribution in [2.75, 3.05) is 24.9 Å². The van der Waals surface area contributed by atoms with Crippen molar-refractivity contribution in [1.82, 2.24) is 0 Å². The summed E-state index contributed by atoms with van der Waals surface area (Å²) in [5.41, 5.74) is 0.872. The molecule has 0 unspecified atom stereocenters. The minimum atomic E-state index is -0.509. The third kappa shape index (κ3) is 4.46. The Bertz CT molecular complexity index is 763. The van der Waals surface area contributed by atoms with E-state index in [9.17, 15) is 10.1 Å². The van der Waals surface area contributed by atoms with Gasteiger partial charge in [-0.1, -0.05) is 11.6 Å². The summed E-state index contributed by atoms with van der Waals surface area (Å²) in [6, 6.07) is 9.23. The summed E-state index contributed by atoms with van der Waals surface area (Å²) in [7, 11) is 3.08. The number of methoxy groups -OCH3 is 2. The number of ether oxygens (including phenoxy) is 2. The van der Waals surface area contributed by atoms with Crippen LogP contribution in [0.4, 0.5) is 17.1 Å². The molecule has 0 heterocycles. The number of nitro benzene ring substituents is 1. The van der Waals surface area contributed by atoms with Crippen LogP contribution in [0, 0.1) is 10.1 Å². The molecule has 7 nitrogen and oxygen atoms in total. The molecule has 0 aliphatic carbocycles. The molecule has 0 aliphatic rings. The molecule has 24 heavy (non-hydrogen) atoms. The van der Waals surface area contributed by atoms with Crippen LogP contribution < -0.4 is 20.1 Å². The second-order valence-electron chi connectivity index (χ2n) is 4.60. The predicted octanol–water partition coefficient (Wildman–Crippen LogP) is 4.07. The highest BCUT2D eigenvalue weighted by molar-refractivity contribution is 7.80. The molecule has 2 aromatic carbocycles. The fourth-order valence-electron chi connectivity index (χ4n) is 1.89. The molecule has 0 saturated heterocycles. The molecule has 0 aliphatic heterocycles. The zero-order chi connectivity index (χ0) is 17.7. The number of benzene rings is 2. The largest absolute Gasteiger partial charge is 0.497 e. The van der Waals surface area contributed by atoms with Gasteiger partial charge < -0.3 is 20.1 Å². The lowest BCUT2D eigenvalue weighted by molar-refractivity contribution is -0.384. The van der Waals surface area contributed by atoms with E-state index >= 15 is 0 Å². The zero-order valence-corrected chi connectivity index (χ0v) is 14.4. The Kier molecular flexibility index (Phi) is 5.78. The van der Waals surface area contributed by atoms with Crippen molar-refractivity contribution in [2.24, 2.45) is 0 Å². The van der Waals surface area contributed by atoms with Crippen molar-refractivity contribution < 1.29 is 14.4 Å². The highest BCUT2D eigenvalue weighted by Gasteiger charge is 2.11. The Labute approximate surface area is 148 Å². The predicted molar refractivity (Wildman–Crippen MR) is 97.5 cm³/mol. The molecule has 0 aromatic heterocycles. The smallest absolute Gasteiger partial charge is 0.271 e. The van der Waals surface area contributed by atoms with Gasteiger partial charge >= 0.3 is 0 Å². The highest BCUT2D eigenvalue weighted by atomic mass is 35.5. The normalized spacial score (nSPS) is 9.96. The molecule has 0 amide bonds. The van der Waals surface area contributed by atoms with E-state index in [1.165, 1.54) is 32.4 Å². The zero-order valence-electron chi connectivity index (χ0n) is 12.8. The van der Waals surface area contributed by atoms with Gasteiger partial charge in [0.15, 0.2) is 5.11 Å².